The molecule has 2 heterocycles. The van der Waals surface area contributed by atoms with Gasteiger partial charge in [-0.05, 0) is 19.8 Å². The highest BCUT2D eigenvalue weighted by atomic mass is 16.3. The number of rotatable bonds is 5. The van der Waals surface area contributed by atoms with Crippen molar-refractivity contribution < 1.29 is 5.11 Å². The molecular weight excluding hydrogens is 256 g/mol. The zero-order valence-electron chi connectivity index (χ0n) is 11.6. The van der Waals surface area contributed by atoms with Gasteiger partial charge in [-0.3, -0.25) is 5.10 Å². The van der Waals surface area contributed by atoms with Gasteiger partial charge in [0.1, 0.15) is 5.82 Å². The quantitative estimate of drug-likeness (QED) is 0.658. The third-order valence-corrected chi connectivity index (χ3v) is 3.86. The number of fused-ring (bicyclic) bond motifs is 1. The Balaban J connectivity index is 1.90. The van der Waals surface area contributed by atoms with Crippen LogP contribution in [0.4, 0.5) is 11.8 Å². The van der Waals surface area contributed by atoms with Gasteiger partial charge in [-0.15, -0.1) is 0 Å². The van der Waals surface area contributed by atoms with E-state index >= 15 is 0 Å². The van der Waals surface area contributed by atoms with Crippen LogP contribution in [0.2, 0.25) is 0 Å². The highest BCUT2D eigenvalue weighted by Crippen LogP contribution is 2.30. The smallest absolute Gasteiger partial charge is 0.226 e. The van der Waals surface area contributed by atoms with E-state index in [1.165, 1.54) is 0 Å². The van der Waals surface area contributed by atoms with Gasteiger partial charge in [0.05, 0.1) is 11.6 Å². The number of aliphatic hydroxyl groups is 1. The summed E-state index contributed by atoms with van der Waals surface area (Å²) in [7, 11) is 0. The van der Waals surface area contributed by atoms with E-state index in [4.69, 9.17) is 0 Å². The number of nitrogens with zero attached hydrogens (tertiary/aromatic N) is 3. The second-order valence-electron chi connectivity index (χ2n) is 5.18. The Hall–Kier alpha value is -1.89. The lowest BCUT2D eigenvalue weighted by Crippen LogP contribution is -2.27. The highest BCUT2D eigenvalue weighted by molar-refractivity contribution is 5.87. The van der Waals surface area contributed by atoms with Crippen LogP contribution in [-0.2, 0) is 0 Å². The van der Waals surface area contributed by atoms with Crippen LogP contribution in [0.1, 0.15) is 26.2 Å². The molecule has 1 fully saturated rings. The molecule has 0 aromatic carbocycles. The van der Waals surface area contributed by atoms with Crippen LogP contribution in [0.3, 0.4) is 0 Å². The average molecular weight is 276 g/mol. The Bertz CT molecular complexity index is 583. The molecule has 1 aliphatic carbocycles. The van der Waals surface area contributed by atoms with Gasteiger partial charge in [-0.25, -0.2) is 0 Å². The largest absolute Gasteiger partial charge is 0.396 e. The lowest BCUT2D eigenvalue weighted by Gasteiger charge is -2.20. The molecule has 2 atom stereocenters. The first kappa shape index (κ1) is 13.1. The Morgan fingerprint density at radius 2 is 2.30 bits per heavy atom. The van der Waals surface area contributed by atoms with Crippen molar-refractivity contribution in [1.29, 1.82) is 0 Å². The minimum atomic E-state index is 0.220. The van der Waals surface area contributed by atoms with Crippen LogP contribution in [0.25, 0.3) is 11.0 Å². The average Bonchev–Trinajstić information content (AvgIpc) is 3.07. The molecule has 0 bridgehead atoms. The van der Waals surface area contributed by atoms with Gasteiger partial charge in [0.15, 0.2) is 5.65 Å². The first-order valence-corrected chi connectivity index (χ1v) is 7.14. The van der Waals surface area contributed by atoms with E-state index < -0.39 is 0 Å². The number of aromatic amines is 1. The Kier molecular flexibility index (Phi) is 3.68. The molecule has 0 radical (unpaired) electrons. The minimum absolute atomic E-state index is 0.220. The summed E-state index contributed by atoms with van der Waals surface area (Å²) in [5.41, 5.74) is 0.719. The van der Waals surface area contributed by atoms with E-state index in [1.54, 1.807) is 6.20 Å². The van der Waals surface area contributed by atoms with Gasteiger partial charge in [0, 0.05) is 25.1 Å². The number of nitrogens with one attached hydrogen (secondary N) is 3. The molecule has 2 aromatic heterocycles. The molecular formula is C13H20N6O. The van der Waals surface area contributed by atoms with E-state index in [0.717, 1.165) is 42.7 Å². The van der Waals surface area contributed by atoms with Crippen LogP contribution in [0, 0.1) is 5.92 Å². The summed E-state index contributed by atoms with van der Waals surface area (Å²) in [6.07, 6.45) is 5.00. The van der Waals surface area contributed by atoms with E-state index in [1.807, 2.05) is 6.92 Å². The van der Waals surface area contributed by atoms with Crippen LogP contribution in [0.15, 0.2) is 6.20 Å². The topological polar surface area (TPSA) is 98.8 Å². The Labute approximate surface area is 117 Å². The highest BCUT2D eigenvalue weighted by Gasteiger charge is 2.27. The minimum Gasteiger partial charge on any atom is -0.396 e. The number of hydrogen-bond donors (Lipinski definition) is 4. The van der Waals surface area contributed by atoms with Crippen molar-refractivity contribution in [1.82, 2.24) is 20.2 Å². The predicted octanol–water partition coefficient (Wildman–Crippen LogP) is 1.36. The molecule has 0 aliphatic heterocycles. The van der Waals surface area contributed by atoms with Crippen molar-refractivity contribution in [3.63, 3.8) is 0 Å². The fourth-order valence-corrected chi connectivity index (χ4v) is 2.80. The summed E-state index contributed by atoms with van der Waals surface area (Å²) < 4.78 is 0. The maximum atomic E-state index is 9.42. The fraction of sp³-hybridized carbons (Fsp3) is 0.615. The molecule has 20 heavy (non-hydrogen) atoms. The molecule has 1 saturated carbocycles. The van der Waals surface area contributed by atoms with Gasteiger partial charge >= 0.3 is 0 Å². The van der Waals surface area contributed by atoms with Crippen LogP contribution in [-0.4, -0.2) is 44.5 Å². The second-order valence-corrected chi connectivity index (χ2v) is 5.18. The van der Waals surface area contributed by atoms with Crippen LogP contribution < -0.4 is 10.6 Å². The van der Waals surface area contributed by atoms with E-state index in [-0.39, 0.29) is 12.6 Å². The standard InChI is InChI=1S/C13H20N6O/c1-2-14-13-17-11(9-6-15-19-12(9)18-13)16-10-5-3-4-8(10)7-20/h6,8,10,20H,2-5,7H2,1H3,(H3,14,15,16,17,18,19). The van der Waals surface area contributed by atoms with Gasteiger partial charge in [-0.2, -0.15) is 15.1 Å². The summed E-state index contributed by atoms with van der Waals surface area (Å²) in [5.74, 6) is 1.67. The molecule has 1 aliphatic rings. The molecule has 3 rings (SSSR count). The molecule has 7 nitrogen and oxygen atoms in total. The molecule has 4 N–H and O–H groups in total. The lowest BCUT2D eigenvalue weighted by atomic mass is 10.1. The van der Waals surface area contributed by atoms with Crippen LogP contribution in [0.5, 0.6) is 0 Å². The SMILES string of the molecule is CCNc1nc(NC2CCCC2CO)c2cn[nH]c2n1. The zero-order chi connectivity index (χ0) is 13.9. The summed E-state index contributed by atoms with van der Waals surface area (Å²) in [6, 6.07) is 0.266. The van der Waals surface area contributed by atoms with Crippen molar-refractivity contribution in [2.45, 2.75) is 32.2 Å². The summed E-state index contributed by atoms with van der Waals surface area (Å²) in [6.45, 7) is 2.99. The predicted molar refractivity (Wildman–Crippen MR) is 77.7 cm³/mol. The van der Waals surface area contributed by atoms with Gasteiger partial charge in [0.2, 0.25) is 5.95 Å². The Morgan fingerprint density at radius 3 is 3.10 bits per heavy atom. The summed E-state index contributed by atoms with van der Waals surface area (Å²) in [5, 5.41) is 23.8. The maximum Gasteiger partial charge on any atom is 0.226 e. The second kappa shape index (κ2) is 5.62. The number of hydrogen-bond acceptors (Lipinski definition) is 6. The molecule has 0 saturated heterocycles. The molecule has 108 valence electrons. The Morgan fingerprint density at radius 1 is 1.40 bits per heavy atom. The fourth-order valence-electron chi connectivity index (χ4n) is 2.80. The van der Waals surface area contributed by atoms with Crippen LogP contribution >= 0.6 is 0 Å². The summed E-state index contributed by atoms with van der Waals surface area (Å²) in [4.78, 5) is 8.89. The molecule has 0 amide bonds. The first-order valence-electron chi connectivity index (χ1n) is 7.14. The van der Waals surface area contributed by atoms with E-state index in [9.17, 15) is 5.11 Å². The van der Waals surface area contributed by atoms with Gasteiger partial charge in [0.25, 0.3) is 0 Å². The third kappa shape index (κ3) is 2.40. The van der Waals surface area contributed by atoms with Crippen molar-refractivity contribution in [2.24, 2.45) is 5.92 Å². The van der Waals surface area contributed by atoms with Gasteiger partial charge in [-0.1, -0.05) is 6.42 Å². The maximum absolute atomic E-state index is 9.42. The number of aromatic nitrogens is 4. The first-order chi connectivity index (χ1) is 9.81. The van der Waals surface area contributed by atoms with Crippen molar-refractivity contribution in [2.75, 3.05) is 23.8 Å². The number of H-pyrrole nitrogens is 1. The third-order valence-electron chi connectivity index (χ3n) is 3.86. The molecule has 2 unspecified atom stereocenters. The molecule has 0 spiro atoms. The van der Waals surface area contributed by atoms with E-state index in [2.05, 4.69) is 30.8 Å². The molecule has 7 heteroatoms. The van der Waals surface area contributed by atoms with Gasteiger partial charge < -0.3 is 15.7 Å². The number of anilines is 2. The normalized spacial score (nSPS) is 22.3. The summed E-state index contributed by atoms with van der Waals surface area (Å²) >= 11 is 0. The van der Waals surface area contributed by atoms with E-state index in [0.29, 0.717) is 11.9 Å². The van der Waals surface area contributed by atoms with Crippen molar-refractivity contribution >= 4 is 22.8 Å². The lowest BCUT2D eigenvalue weighted by molar-refractivity contribution is 0.222. The monoisotopic (exact) mass is 276 g/mol. The number of aliphatic hydroxyl groups excluding tert-OH is 1. The zero-order valence-corrected chi connectivity index (χ0v) is 11.6. The molecule has 2 aromatic rings. The van der Waals surface area contributed by atoms with Crippen molar-refractivity contribution in [3.05, 3.63) is 6.20 Å². The van der Waals surface area contributed by atoms with Crippen molar-refractivity contribution in [3.8, 4) is 0 Å².